The van der Waals surface area contributed by atoms with Crippen LogP contribution in [0.5, 0.6) is 0 Å². The highest BCUT2D eigenvalue weighted by Gasteiger charge is 2.15. The zero-order valence-corrected chi connectivity index (χ0v) is 12.0. The Balaban J connectivity index is 2.63. The summed E-state index contributed by atoms with van der Waals surface area (Å²) in [4.78, 5) is 22.6. The molecule has 2 amide bonds. The first-order chi connectivity index (χ1) is 9.81. The second-order valence-electron chi connectivity index (χ2n) is 4.94. The Kier molecular flexibility index (Phi) is 6.23. The summed E-state index contributed by atoms with van der Waals surface area (Å²) in [5.41, 5.74) is 4.25. The van der Waals surface area contributed by atoms with Gasteiger partial charge in [0.05, 0.1) is 11.3 Å². The fourth-order valence-corrected chi connectivity index (χ4v) is 1.69. The summed E-state index contributed by atoms with van der Waals surface area (Å²) in [6.07, 6.45) is 0.762. The molecule has 0 unspecified atom stereocenters. The van der Waals surface area contributed by atoms with Gasteiger partial charge < -0.3 is 16.4 Å². The molecule has 0 aliphatic heterocycles. The maximum Gasteiger partial charge on any atom is 0.251 e. The van der Waals surface area contributed by atoms with E-state index in [1.807, 2.05) is 13.8 Å². The van der Waals surface area contributed by atoms with Crippen molar-refractivity contribution in [1.82, 2.24) is 5.32 Å². The van der Waals surface area contributed by atoms with Crippen molar-refractivity contribution in [1.29, 1.82) is 0 Å². The number of hydrogen-bond donors (Lipinski definition) is 3. The fraction of sp³-hybridized carbons (Fsp3) is 0.429. The number of halogens is 2. The van der Waals surface area contributed by atoms with Crippen molar-refractivity contribution in [2.45, 2.75) is 32.7 Å². The van der Waals surface area contributed by atoms with Gasteiger partial charge in [-0.1, -0.05) is 13.8 Å². The van der Waals surface area contributed by atoms with E-state index in [2.05, 4.69) is 10.6 Å². The highest BCUT2D eigenvalue weighted by molar-refractivity contribution is 5.96. The molecule has 7 heteroatoms. The molecule has 0 aliphatic carbocycles. The van der Waals surface area contributed by atoms with Crippen molar-refractivity contribution in [3.8, 4) is 0 Å². The summed E-state index contributed by atoms with van der Waals surface area (Å²) >= 11 is 0. The van der Waals surface area contributed by atoms with E-state index in [-0.39, 0.29) is 12.1 Å². The Morgan fingerprint density at radius 3 is 2.48 bits per heavy atom. The monoisotopic (exact) mass is 299 g/mol. The van der Waals surface area contributed by atoms with Crippen molar-refractivity contribution in [3.05, 3.63) is 29.3 Å². The lowest BCUT2D eigenvalue weighted by atomic mass is 10.1. The van der Waals surface area contributed by atoms with Crippen LogP contribution in [0.1, 0.15) is 37.0 Å². The van der Waals surface area contributed by atoms with Crippen LogP contribution in [0.15, 0.2) is 12.1 Å². The average Bonchev–Trinajstić information content (AvgIpc) is 2.37. The molecule has 21 heavy (non-hydrogen) atoms. The molecule has 1 rings (SSSR count). The smallest absolute Gasteiger partial charge is 0.251 e. The Bertz CT molecular complexity index is 533. The first kappa shape index (κ1) is 17.0. The van der Waals surface area contributed by atoms with Gasteiger partial charge in [0.2, 0.25) is 5.91 Å². The van der Waals surface area contributed by atoms with Gasteiger partial charge in [0.1, 0.15) is 11.6 Å². The van der Waals surface area contributed by atoms with Crippen LogP contribution < -0.4 is 16.4 Å². The van der Waals surface area contributed by atoms with Crippen molar-refractivity contribution < 1.29 is 18.4 Å². The van der Waals surface area contributed by atoms with Gasteiger partial charge in [-0.25, -0.2) is 8.78 Å². The van der Waals surface area contributed by atoms with Gasteiger partial charge in [0, 0.05) is 18.5 Å². The van der Waals surface area contributed by atoms with E-state index < -0.39 is 29.0 Å². The van der Waals surface area contributed by atoms with Crippen molar-refractivity contribution in [3.63, 3.8) is 0 Å². The average molecular weight is 299 g/mol. The number of primary amides is 1. The minimum atomic E-state index is -1.06. The second-order valence-corrected chi connectivity index (χ2v) is 4.94. The van der Waals surface area contributed by atoms with Crippen LogP contribution >= 0.6 is 0 Å². The van der Waals surface area contributed by atoms with Gasteiger partial charge in [-0.3, -0.25) is 9.59 Å². The number of hydrogen-bond acceptors (Lipinski definition) is 3. The van der Waals surface area contributed by atoms with Crippen LogP contribution in [0.25, 0.3) is 0 Å². The molecule has 5 nitrogen and oxygen atoms in total. The van der Waals surface area contributed by atoms with E-state index in [1.165, 1.54) is 0 Å². The number of benzene rings is 1. The highest BCUT2D eigenvalue weighted by Crippen LogP contribution is 2.19. The fourth-order valence-electron chi connectivity index (χ4n) is 1.69. The zero-order valence-electron chi connectivity index (χ0n) is 12.0. The molecule has 0 fully saturated rings. The molecule has 0 saturated heterocycles. The van der Waals surface area contributed by atoms with Gasteiger partial charge >= 0.3 is 0 Å². The molecule has 0 saturated carbocycles. The molecule has 0 spiro atoms. The van der Waals surface area contributed by atoms with E-state index in [9.17, 15) is 18.4 Å². The molecule has 0 aromatic heterocycles. The van der Waals surface area contributed by atoms with E-state index in [4.69, 9.17) is 5.73 Å². The third-order valence-corrected chi connectivity index (χ3v) is 2.73. The van der Waals surface area contributed by atoms with Crippen molar-refractivity contribution >= 4 is 17.5 Å². The van der Waals surface area contributed by atoms with Gasteiger partial charge in [-0.05, 0) is 19.0 Å². The van der Waals surface area contributed by atoms with Crippen molar-refractivity contribution in [2.75, 3.05) is 11.9 Å². The Labute approximate surface area is 121 Å². The minimum Gasteiger partial charge on any atom is -0.366 e. The maximum absolute atomic E-state index is 13.5. The van der Waals surface area contributed by atoms with E-state index >= 15 is 0 Å². The Morgan fingerprint density at radius 1 is 1.24 bits per heavy atom. The first-order valence-electron chi connectivity index (χ1n) is 6.63. The molecule has 0 atom stereocenters. The molecular weight excluding hydrogens is 280 g/mol. The van der Waals surface area contributed by atoms with E-state index in [0.717, 1.165) is 6.07 Å². The van der Waals surface area contributed by atoms with Crippen molar-refractivity contribution in [2.24, 2.45) is 5.73 Å². The topological polar surface area (TPSA) is 84.2 Å². The molecule has 4 N–H and O–H groups in total. The number of nitrogens with one attached hydrogen (secondary N) is 2. The number of carbonyl (C=O) groups excluding carboxylic acids is 2. The number of carbonyl (C=O) groups is 2. The van der Waals surface area contributed by atoms with Gasteiger partial charge in [-0.15, -0.1) is 0 Å². The largest absolute Gasteiger partial charge is 0.366 e. The molecule has 0 bridgehead atoms. The van der Waals surface area contributed by atoms with E-state index in [1.54, 1.807) is 0 Å². The molecular formula is C14H19F2N3O2. The SMILES string of the molecule is CC(C)NCCCC(=O)Nc1cc(C(N)=O)c(F)cc1F. The minimum absolute atomic E-state index is 0.183. The Hall–Kier alpha value is -2.02. The lowest BCUT2D eigenvalue weighted by Crippen LogP contribution is -2.25. The van der Waals surface area contributed by atoms with Crippen LogP contribution in [0.4, 0.5) is 14.5 Å². The molecule has 0 aliphatic rings. The standard InChI is InChI=1S/C14H19F2N3O2/c1-8(2)18-5-3-4-13(20)19-12-6-9(14(17)21)10(15)7-11(12)16/h6-8,18H,3-5H2,1-2H3,(H2,17,21)(H,19,20). The van der Waals surface area contributed by atoms with Crippen LogP contribution in [-0.2, 0) is 4.79 Å². The number of nitrogens with two attached hydrogens (primary N) is 1. The third kappa shape index (κ3) is 5.47. The molecule has 1 aromatic rings. The van der Waals surface area contributed by atoms with Gasteiger partial charge in [0.15, 0.2) is 0 Å². The quantitative estimate of drug-likeness (QED) is 0.671. The van der Waals surface area contributed by atoms with Crippen LogP contribution in [0, 0.1) is 11.6 Å². The molecule has 0 radical (unpaired) electrons. The van der Waals surface area contributed by atoms with Gasteiger partial charge in [-0.2, -0.15) is 0 Å². The molecule has 0 heterocycles. The maximum atomic E-state index is 13.5. The van der Waals surface area contributed by atoms with Gasteiger partial charge in [0.25, 0.3) is 5.91 Å². The summed E-state index contributed by atoms with van der Waals surface area (Å²) in [7, 11) is 0. The number of anilines is 1. The second kappa shape index (κ2) is 7.68. The third-order valence-electron chi connectivity index (χ3n) is 2.73. The van der Waals surface area contributed by atoms with E-state index in [0.29, 0.717) is 25.1 Å². The normalized spacial score (nSPS) is 10.7. The first-order valence-corrected chi connectivity index (χ1v) is 6.63. The summed E-state index contributed by atoms with van der Waals surface area (Å²) < 4.78 is 26.8. The van der Waals surface area contributed by atoms with Crippen LogP contribution in [0.2, 0.25) is 0 Å². The lowest BCUT2D eigenvalue weighted by molar-refractivity contribution is -0.116. The number of amides is 2. The predicted octanol–water partition coefficient (Wildman–Crippen LogP) is 1.78. The highest BCUT2D eigenvalue weighted by atomic mass is 19.1. The van der Waals surface area contributed by atoms with Crippen LogP contribution in [0.3, 0.4) is 0 Å². The molecule has 116 valence electrons. The van der Waals surface area contributed by atoms with Crippen LogP contribution in [-0.4, -0.2) is 24.4 Å². The summed E-state index contributed by atoms with van der Waals surface area (Å²) in [5, 5.41) is 5.45. The molecule has 1 aromatic carbocycles. The lowest BCUT2D eigenvalue weighted by Gasteiger charge is -2.10. The summed E-state index contributed by atoms with van der Waals surface area (Å²) in [6, 6.07) is 1.74. The summed E-state index contributed by atoms with van der Waals surface area (Å²) in [6.45, 7) is 4.63. The number of rotatable bonds is 7. The zero-order chi connectivity index (χ0) is 16.0. The summed E-state index contributed by atoms with van der Waals surface area (Å²) in [5.74, 6) is -3.45. The Morgan fingerprint density at radius 2 is 1.90 bits per heavy atom. The predicted molar refractivity (Wildman–Crippen MR) is 75.9 cm³/mol.